The van der Waals surface area contributed by atoms with Crippen molar-refractivity contribution < 1.29 is 0 Å². The summed E-state index contributed by atoms with van der Waals surface area (Å²) >= 11 is 0. The molecule has 0 aliphatic carbocycles. The summed E-state index contributed by atoms with van der Waals surface area (Å²) in [6.07, 6.45) is 12.1. The fraction of sp³-hybridized carbons (Fsp3) is 0.400. The van der Waals surface area contributed by atoms with Gasteiger partial charge >= 0.3 is 0 Å². The lowest BCUT2D eigenvalue weighted by Gasteiger charge is -2.38. The van der Waals surface area contributed by atoms with Crippen molar-refractivity contribution in [2.75, 3.05) is 0 Å². The first-order valence-electron chi connectivity index (χ1n) is 38.4. The Hall–Kier alpha value is -7.80. The first kappa shape index (κ1) is 82.9. The van der Waals surface area contributed by atoms with Crippen LogP contribution in [0.4, 0.5) is 0 Å². The molecular weight excluding hydrogens is 1200 g/mol. The molecule has 0 aliphatic heterocycles. The van der Waals surface area contributed by atoms with Crippen LogP contribution in [0.15, 0.2) is 224 Å². The van der Waals surface area contributed by atoms with Crippen LogP contribution in [0.5, 0.6) is 0 Å². The van der Waals surface area contributed by atoms with E-state index >= 15 is 0 Å². The molecule has 10 aromatic carbocycles. The Morgan fingerprint density at radius 2 is 0.540 bits per heavy atom. The molecule has 0 amide bonds. The second-order valence-corrected chi connectivity index (χ2v) is 30.2. The second kappa shape index (κ2) is 38.9. The third-order valence-corrected chi connectivity index (χ3v) is 23.9. The summed E-state index contributed by atoms with van der Waals surface area (Å²) in [6.45, 7) is 57.4. The van der Waals surface area contributed by atoms with Crippen molar-refractivity contribution in [2.24, 2.45) is 0 Å². The second-order valence-electron chi connectivity index (χ2n) is 30.2. The van der Waals surface area contributed by atoms with Gasteiger partial charge in [-0.25, -0.2) is 0 Å². The third-order valence-electron chi connectivity index (χ3n) is 23.9. The minimum absolute atomic E-state index is 0.277. The standard InChI is InChI=1S/C25H44.C19H32.4C14H14/c1-11-23(8,12-2)20-17-21(24(9,13-3)14-4)19(7)22(18-20)25(10,15-5)16-6;1-8-18(6,9-2)16-12-15(5)13-17(14-16)19(7,10-3)11-4;1-11-7-6-8-12(2)14(11)13-9-4-3-5-10-13;1-11-7-6-10-14(12(11)2)13-8-4-3-5-9-13;1-11-8-9-14(12(2)10-11)13-6-4-3-5-7-13;1-11-8-9-12(2)14(10-11)13-6-4-3-5-7-13/h17-18H,11-16H2,1-10H3;12-14H,8-11H2,1-7H3;4*3-10H,1-2H3. The van der Waals surface area contributed by atoms with Crippen molar-refractivity contribution >= 4 is 0 Å². The summed E-state index contributed by atoms with van der Waals surface area (Å²) in [6, 6.07) is 80.5. The number of hydrogen-bond donors (Lipinski definition) is 0. The number of hydrogen-bond acceptors (Lipinski definition) is 0. The molecule has 0 heteroatoms. The Balaban J connectivity index is 0.000000219. The Bertz CT molecular complexity index is 3910. The normalized spacial score (nSPS) is 11.4. The van der Waals surface area contributed by atoms with E-state index in [4.69, 9.17) is 0 Å². The van der Waals surface area contributed by atoms with Crippen molar-refractivity contribution in [3.63, 3.8) is 0 Å². The molecule has 0 unspecified atom stereocenters. The van der Waals surface area contributed by atoms with Crippen molar-refractivity contribution in [3.05, 3.63) is 308 Å². The zero-order valence-corrected chi connectivity index (χ0v) is 67.4. The van der Waals surface area contributed by atoms with Gasteiger partial charge in [-0.05, 0) is 272 Å². The zero-order valence-electron chi connectivity index (χ0n) is 67.4. The number of benzene rings is 10. The summed E-state index contributed by atoms with van der Waals surface area (Å²) in [7, 11) is 0. The molecule has 0 radical (unpaired) electrons. The van der Waals surface area contributed by atoms with Crippen LogP contribution in [0.1, 0.15) is 252 Å². The largest absolute Gasteiger partial charge is 0.0645 e. The summed E-state index contributed by atoms with van der Waals surface area (Å²) in [5, 5.41) is 0. The van der Waals surface area contributed by atoms with E-state index in [1.165, 1.54) is 170 Å². The van der Waals surface area contributed by atoms with Crippen LogP contribution in [0.3, 0.4) is 0 Å². The SMILES string of the molecule is CCC(C)(CC)c1cc(C(C)(CC)CC)c(C)c(C(C)(CC)CC)c1.CCC(C)(CC)c1cc(C)cc(C(C)(CC)CC)c1.Cc1ccc(-c2ccccc2)c(C)c1.Cc1ccc(C)c(-c2ccccc2)c1.Cc1cccc(-c2ccccc2)c1C.Cc1cccc(C)c1-c1ccccc1. The monoisotopic (exact) mass is 1330 g/mol. The van der Waals surface area contributed by atoms with Crippen LogP contribution in [0, 0.1) is 69.2 Å². The van der Waals surface area contributed by atoms with Gasteiger partial charge in [0.15, 0.2) is 0 Å². The maximum atomic E-state index is 2.57. The fourth-order valence-electron chi connectivity index (χ4n) is 14.0. The van der Waals surface area contributed by atoms with Crippen molar-refractivity contribution in [1.82, 2.24) is 0 Å². The molecule has 0 saturated carbocycles. The molecule has 0 fully saturated rings. The lowest BCUT2D eigenvalue weighted by atomic mass is 9.66. The van der Waals surface area contributed by atoms with E-state index in [-0.39, 0.29) is 16.2 Å². The predicted octanol–water partition coefficient (Wildman–Crippen LogP) is 30.3. The van der Waals surface area contributed by atoms with E-state index < -0.39 is 0 Å². The molecule has 0 aliphatic rings. The van der Waals surface area contributed by atoms with E-state index in [0.717, 1.165) is 0 Å². The van der Waals surface area contributed by atoms with Gasteiger partial charge in [-0.3, -0.25) is 0 Å². The lowest BCUT2D eigenvalue weighted by molar-refractivity contribution is 0.406. The molecular formula is C100H132. The van der Waals surface area contributed by atoms with Crippen molar-refractivity contribution in [3.8, 4) is 44.5 Å². The van der Waals surface area contributed by atoms with Gasteiger partial charge < -0.3 is 0 Å². The topological polar surface area (TPSA) is 0 Å². The molecule has 0 saturated heterocycles. The van der Waals surface area contributed by atoms with Gasteiger partial charge in [-0.2, -0.15) is 0 Å². The molecule has 0 aromatic heterocycles. The highest BCUT2D eigenvalue weighted by atomic mass is 14.4. The Morgan fingerprint density at radius 3 is 0.930 bits per heavy atom. The van der Waals surface area contributed by atoms with Crippen LogP contribution in [-0.2, 0) is 27.1 Å². The summed E-state index contributed by atoms with van der Waals surface area (Å²) in [4.78, 5) is 0. The lowest BCUT2D eigenvalue weighted by Crippen LogP contribution is -2.29. The minimum Gasteiger partial charge on any atom is -0.0645 e. The summed E-state index contributed by atoms with van der Waals surface area (Å²) in [5.74, 6) is 0. The molecule has 0 heterocycles. The highest BCUT2D eigenvalue weighted by Crippen LogP contribution is 2.45. The Kier molecular flexibility index (Phi) is 32.2. The Labute approximate surface area is 613 Å². The van der Waals surface area contributed by atoms with Crippen LogP contribution < -0.4 is 0 Å². The van der Waals surface area contributed by atoms with Gasteiger partial charge in [0.05, 0.1) is 0 Å². The van der Waals surface area contributed by atoms with E-state index in [2.05, 4.69) is 391 Å². The Morgan fingerprint density at radius 1 is 0.210 bits per heavy atom. The van der Waals surface area contributed by atoms with Gasteiger partial charge in [0.1, 0.15) is 0 Å². The molecule has 0 spiro atoms. The quantitative estimate of drug-likeness (QED) is 0.0757. The predicted molar refractivity (Wildman–Crippen MR) is 447 cm³/mol. The van der Waals surface area contributed by atoms with Gasteiger partial charge in [0, 0.05) is 0 Å². The summed E-state index contributed by atoms with van der Waals surface area (Å²) in [5.41, 5.74) is 33.6. The first-order chi connectivity index (χ1) is 47.6. The van der Waals surface area contributed by atoms with Gasteiger partial charge in [0.2, 0.25) is 0 Å². The van der Waals surface area contributed by atoms with E-state index in [0.29, 0.717) is 10.8 Å². The molecule has 0 nitrogen and oxygen atoms in total. The van der Waals surface area contributed by atoms with Crippen LogP contribution in [0.2, 0.25) is 0 Å². The third kappa shape index (κ3) is 21.6. The number of aryl methyl sites for hydroxylation is 8. The van der Waals surface area contributed by atoms with E-state index in [9.17, 15) is 0 Å². The maximum absolute atomic E-state index is 2.57. The molecule has 532 valence electrons. The van der Waals surface area contributed by atoms with Crippen LogP contribution >= 0.6 is 0 Å². The fourth-order valence-corrected chi connectivity index (χ4v) is 14.0. The molecule has 100 heavy (non-hydrogen) atoms. The van der Waals surface area contributed by atoms with Crippen molar-refractivity contribution in [1.29, 1.82) is 0 Å². The van der Waals surface area contributed by atoms with Crippen molar-refractivity contribution in [2.45, 2.75) is 264 Å². The zero-order chi connectivity index (χ0) is 74.0. The van der Waals surface area contributed by atoms with E-state index in [1.54, 1.807) is 22.3 Å². The molecule has 10 aromatic rings. The highest BCUT2D eigenvalue weighted by molar-refractivity contribution is 5.72. The average molecular weight is 1330 g/mol. The van der Waals surface area contributed by atoms with Gasteiger partial charge in [-0.15, -0.1) is 0 Å². The molecule has 10 rings (SSSR count). The summed E-state index contributed by atoms with van der Waals surface area (Å²) < 4.78 is 0. The molecule has 0 bridgehead atoms. The van der Waals surface area contributed by atoms with Crippen LogP contribution in [0.25, 0.3) is 44.5 Å². The highest BCUT2D eigenvalue weighted by Gasteiger charge is 2.34. The van der Waals surface area contributed by atoms with Gasteiger partial charge in [0.25, 0.3) is 0 Å². The van der Waals surface area contributed by atoms with Crippen LogP contribution in [-0.4, -0.2) is 0 Å². The smallest absolute Gasteiger partial charge is 0.00777 e. The molecule has 0 N–H and O–H groups in total. The van der Waals surface area contributed by atoms with Gasteiger partial charge in [-0.1, -0.05) is 345 Å². The number of rotatable bonds is 19. The average Bonchev–Trinajstić information content (AvgIpc) is 0.782. The first-order valence-corrected chi connectivity index (χ1v) is 38.4. The maximum Gasteiger partial charge on any atom is -0.00777 e. The molecule has 0 atom stereocenters. The minimum atomic E-state index is 0.277. The van der Waals surface area contributed by atoms with E-state index in [1.807, 2.05) is 6.07 Å².